The number of esters is 1. The van der Waals surface area contributed by atoms with Crippen LogP contribution in [0.1, 0.15) is 23.5 Å². The Hall–Kier alpha value is -2.04. The fourth-order valence-electron chi connectivity index (χ4n) is 2.52. The molecular formula is C14H17NO4. The fourth-order valence-corrected chi connectivity index (χ4v) is 2.52. The third kappa shape index (κ3) is 2.86. The predicted molar refractivity (Wildman–Crippen MR) is 68.8 cm³/mol. The molecule has 1 aromatic carbocycles. The average Bonchev–Trinajstić information content (AvgIpc) is 2.45. The van der Waals surface area contributed by atoms with Crippen LogP contribution < -0.4 is 5.32 Å². The third-order valence-electron chi connectivity index (χ3n) is 3.41. The highest BCUT2D eigenvalue weighted by Gasteiger charge is 2.32. The normalized spacial score (nSPS) is 21.2. The molecule has 2 unspecified atom stereocenters. The Bertz CT molecular complexity index is 486. The molecule has 2 atom stereocenters. The number of amides is 1. The van der Waals surface area contributed by atoms with Gasteiger partial charge in [-0.15, -0.1) is 0 Å². The van der Waals surface area contributed by atoms with Crippen LogP contribution in [0.25, 0.3) is 0 Å². The molecule has 1 aromatic rings. The van der Waals surface area contributed by atoms with E-state index in [1.54, 1.807) is 0 Å². The van der Waals surface area contributed by atoms with Crippen LogP contribution in [-0.2, 0) is 20.7 Å². The predicted octanol–water partition coefficient (Wildman–Crippen LogP) is 1.61. The second-order valence-electron chi connectivity index (χ2n) is 4.55. The Morgan fingerprint density at radius 1 is 1.21 bits per heavy atom. The SMILES string of the molecule is COC(=O)NC1Cc2ccccc2C(C(=O)OC)C1. The maximum absolute atomic E-state index is 11.9. The van der Waals surface area contributed by atoms with Crippen molar-refractivity contribution >= 4 is 12.1 Å². The van der Waals surface area contributed by atoms with Crippen LogP contribution in [0.15, 0.2) is 24.3 Å². The van der Waals surface area contributed by atoms with Gasteiger partial charge in [0.1, 0.15) is 0 Å². The number of carbonyl (C=O) groups is 2. The molecule has 0 saturated heterocycles. The van der Waals surface area contributed by atoms with Crippen LogP contribution in [-0.4, -0.2) is 32.3 Å². The van der Waals surface area contributed by atoms with Crippen LogP contribution in [0.2, 0.25) is 0 Å². The van der Waals surface area contributed by atoms with E-state index in [1.165, 1.54) is 14.2 Å². The molecule has 2 rings (SSSR count). The van der Waals surface area contributed by atoms with E-state index in [2.05, 4.69) is 10.1 Å². The van der Waals surface area contributed by atoms with Gasteiger partial charge in [0.05, 0.1) is 20.1 Å². The van der Waals surface area contributed by atoms with E-state index in [0.717, 1.165) is 11.1 Å². The number of alkyl carbamates (subject to hydrolysis) is 1. The fraction of sp³-hybridized carbons (Fsp3) is 0.429. The first-order chi connectivity index (χ1) is 9.15. The number of hydrogen-bond donors (Lipinski definition) is 1. The zero-order chi connectivity index (χ0) is 13.8. The molecular weight excluding hydrogens is 246 g/mol. The molecule has 0 saturated carbocycles. The number of nitrogens with one attached hydrogen (secondary N) is 1. The third-order valence-corrected chi connectivity index (χ3v) is 3.41. The van der Waals surface area contributed by atoms with Gasteiger partial charge in [0.2, 0.25) is 0 Å². The van der Waals surface area contributed by atoms with Crippen molar-refractivity contribution in [3.8, 4) is 0 Å². The van der Waals surface area contributed by atoms with Gasteiger partial charge < -0.3 is 14.8 Å². The molecule has 19 heavy (non-hydrogen) atoms. The van der Waals surface area contributed by atoms with E-state index in [4.69, 9.17) is 4.74 Å². The van der Waals surface area contributed by atoms with Crippen molar-refractivity contribution in [2.24, 2.45) is 0 Å². The van der Waals surface area contributed by atoms with Gasteiger partial charge in [-0.2, -0.15) is 0 Å². The second kappa shape index (κ2) is 5.73. The number of methoxy groups -OCH3 is 2. The first-order valence-corrected chi connectivity index (χ1v) is 6.15. The van der Waals surface area contributed by atoms with Crippen molar-refractivity contribution in [3.05, 3.63) is 35.4 Å². The van der Waals surface area contributed by atoms with Crippen molar-refractivity contribution < 1.29 is 19.1 Å². The molecule has 1 aliphatic rings. The van der Waals surface area contributed by atoms with Crippen LogP contribution in [0, 0.1) is 0 Å². The molecule has 0 aliphatic heterocycles. The van der Waals surface area contributed by atoms with Gasteiger partial charge in [0, 0.05) is 6.04 Å². The molecule has 1 amide bonds. The summed E-state index contributed by atoms with van der Waals surface area (Å²) in [5, 5.41) is 2.75. The topological polar surface area (TPSA) is 64.6 Å². The Kier molecular flexibility index (Phi) is 4.04. The lowest BCUT2D eigenvalue weighted by Crippen LogP contribution is -2.41. The van der Waals surface area contributed by atoms with Gasteiger partial charge in [-0.3, -0.25) is 4.79 Å². The van der Waals surface area contributed by atoms with Gasteiger partial charge in [-0.1, -0.05) is 24.3 Å². The lowest BCUT2D eigenvalue weighted by atomic mass is 9.80. The summed E-state index contributed by atoms with van der Waals surface area (Å²) in [4.78, 5) is 23.2. The number of carbonyl (C=O) groups excluding carboxylic acids is 2. The summed E-state index contributed by atoms with van der Waals surface area (Å²) in [5.41, 5.74) is 2.04. The van der Waals surface area contributed by atoms with E-state index < -0.39 is 6.09 Å². The van der Waals surface area contributed by atoms with Gasteiger partial charge in [0.15, 0.2) is 0 Å². The number of benzene rings is 1. The standard InChI is InChI=1S/C14H17NO4/c1-18-13(16)12-8-10(15-14(17)19-2)7-9-5-3-4-6-11(9)12/h3-6,10,12H,7-8H2,1-2H3,(H,15,17). The highest BCUT2D eigenvalue weighted by molar-refractivity contribution is 5.79. The minimum absolute atomic E-state index is 0.119. The van der Waals surface area contributed by atoms with Crippen molar-refractivity contribution in [1.29, 1.82) is 0 Å². The summed E-state index contributed by atoms with van der Waals surface area (Å²) in [6.07, 6.45) is 0.741. The molecule has 0 spiro atoms. The lowest BCUT2D eigenvalue weighted by molar-refractivity contribution is -0.143. The van der Waals surface area contributed by atoms with Gasteiger partial charge >= 0.3 is 12.1 Å². The van der Waals surface area contributed by atoms with Crippen LogP contribution >= 0.6 is 0 Å². The van der Waals surface area contributed by atoms with Crippen LogP contribution in [0.3, 0.4) is 0 Å². The molecule has 0 radical (unpaired) electrons. The highest BCUT2D eigenvalue weighted by Crippen LogP contribution is 2.32. The largest absolute Gasteiger partial charge is 0.469 e. The second-order valence-corrected chi connectivity index (χ2v) is 4.55. The molecule has 1 N–H and O–H groups in total. The number of hydrogen-bond acceptors (Lipinski definition) is 4. The zero-order valence-electron chi connectivity index (χ0n) is 11.0. The maximum Gasteiger partial charge on any atom is 0.407 e. The van der Waals surface area contributed by atoms with Crippen molar-refractivity contribution in [1.82, 2.24) is 5.32 Å². The molecule has 0 fully saturated rings. The van der Waals surface area contributed by atoms with Crippen molar-refractivity contribution in [2.45, 2.75) is 24.8 Å². The Morgan fingerprint density at radius 2 is 1.95 bits per heavy atom. The van der Waals surface area contributed by atoms with Gasteiger partial charge in [-0.25, -0.2) is 4.79 Å². The summed E-state index contributed by atoms with van der Waals surface area (Å²) in [7, 11) is 2.70. The molecule has 1 aliphatic carbocycles. The van der Waals surface area contributed by atoms with E-state index in [-0.39, 0.29) is 17.9 Å². The van der Waals surface area contributed by atoms with E-state index >= 15 is 0 Å². The summed E-state index contributed by atoms with van der Waals surface area (Å²) in [6, 6.07) is 7.62. The van der Waals surface area contributed by atoms with Crippen molar-refractivity contribution in [3.63, 3.8) is 0 Å². The molecule has 102 valence electrons. The molecule has 5 heteroatoms. The first-order valence-electron chi connectivity index (χ1n) is 6.15. The van der Waals surface area contributed by atoms with Crippen LogP contribution in [0.5, 0.6) is 0 Å². The zero-order valence-corrected chi connectivity index (χ0v) is 11.0. The van der Waals surface area contributed by atoms with Gasteiger partial charge in [-0.05, 0) is 24.0 Å². The number of ether oxygens (including phenoxy) is 2. The minimum atomic E-state index is -0.479. The summed E-state index contributed by atoms with van der Waals surface area (Å²) in [5.74, 6) is -0.610. The van der Waals surface area contributed by atoms with E-state index in [9.17, 15) is 9.59 Å². The smallest absolute Gasteiger partial charge is 0.407 e. The number of fused-ring (bicyclic) bond motifs is 1. The van der Waals surface area contributed by atoms with Crippen molar-refractivity contribution in [2.75, 3.05) is 14.2 Å². The van der Waals surface area contributed by atoms with E-state index in [0.29, 0.717) is 12.8 Å². The minimum Gasteiger partial charge on any atom is -0.469 e. The van der Waals surface area contributed by atoms with Gasteiger partial charge in [0.25, 0.3) is 0 Å². The molecule has 0 aromatic heterocycles. The maximum atomic E-state index is 11.9. The number of rotatable bonds is 2. The summed E-state index contributed by atoms with van der Waals surface area (Å²) in [6.45, 7) is 0. The quantitative estimate of drug-likeness (QED) is 0.823. The molecule has 0 bridgehead atoms. The first kappa shape index (κ1) is 13.4. The van der Waals surface area contributed by atoms with Crippen LogP contribution in [0.4, 0.5) is 4.79 Å². The average molecular weight is 263 g/mol. The monoisotopic (exact) mass is 263 g/mol. The molecule has 0 heterocycles. The lowest BCUT2D eigenvalue weighted by Gasteiger charge is -2.30. The summed E-state index contributed by atoms with van der Waals surface area (Å²) < 4.78 is 9.44. The summed E-state index contributed by atoms with van der Waals surface area (Å²) >= 11 is 0. The Balaban J connectivity index is 2.24. The highest BCUT2D eigenvalue weighted by atomic mass is 16.5. The Labute approximate surface area is 111 Å². The Morgan fingerprint density at radius 3 is 2.63 bits per heavy atom. The van der Waals surface area contributed by atoms with E-state index in [1.807, 2.05) is 24.3 Å². The molecule has 5 nitrogen and oxygen atoms in total.